The van der Waals surface area contributed by atoms with Crippen LogP contribution >= 0.6 is 23.4 Å². The van der Waals surface area contributed by atoms with Crippen LogP contribution in [0.5, 0.6) is 0 Å². The number of carbonyl (C=O) groups is 1. The van der Waals surface area contributed by atoms with Gasteiger partial charge in [-0.3, -0.25) is 9.72 Å². The fourth-order valence-electron chi connectivity index (χ4n) is 3.31. The lowest BCUT2D eigenvalue weighted by molar-refractivity contribution is 0.187. The van der Waals surface area contributed by atoms with Crippen molar-refractivity contribution in [2.24, 2.45) is 0 Å². The summed E-state index contributed by atoms with van der Waals surface area (Å²) < 4.78 is 6.77. The lowest BCUT2D eigenvalue weighted by atomic mass is 10.1. The molecule has 0 aliphatic rings. The third-order valence-corrected chi connectivity index (χ3v) is 5.65. The number of amides is 1. The van der Waals surface area contributed by atoms with E-state index in [2.05, 4.69) is 14.5 Å². The van der Waals surface area contributed by atoms with Crippen LogP contribution in [0.4, 0.5) is 10.5 Å². The lowest BCUT2D eigenvalue weighted by Crippen LogP contribution is -2.10. The standard InChI is InChI=1S/C21H18ClN3O2S/c1-12-10-14(22)5-7-16(12)18-20(28-3)25-9-8-13-4-6-15(23-21(26)27-2)11-17(13)19(25)24-18/h4-11H,1-3H3,(H,23,26). The van der Waals surface area contributed by atoms with Gasteiger partial charge in [-0.1, -0.05) is 23.7 Å². The molecule has 2 heterocycles. The quantitative estimate of drug-likeness (QED) is 0.419. The Morgan fingerprint density at radius 1 is 1.21 bits per heavy atom. The average Bonchev–Trinajstić information content (AvgIpc) is 3.06. The normalized spacial score (nSPS) is 11.1. The molecule has 1 N–H and O–H groups in total. The molecule has 2 aromatic heterocycles. The Bertz CT molecular complexity index is 1220. The van der Waals surface area contributed by atoms with Gasteiger partial charge in [0.25, 0.3) is 0 Å². The molecule has 4 rings (SSSR count). The molecule has 0 fully saturated rings. The maximum Gasteiger partial charge on any atom is 0.411 e. The SMILES string of the molecule is COC(=O)Nc1ccc2ccn3c(SC)c(-c4ccc(Cl)cc4C)nc3c2c1. The summed E-state index contributed by atoms with van der Waals surface area (Å²) >= 11 is 7.77. The van der Waals surface area contributed by atoms with Gasteiger partial charge in [-0.15, -0.1) is 11.8 Å². The van der Waals surface area contributed by atoms with Crippen molar-refractivity contribution < 1.29 is 9.53 Å². The second-order valence-electron chi connectivity index (χ2n) is 6.36. The van der Waals surface area contributed by atoms with Crippen molar-refractivity contribution in [3.8, 4) is 11.3 Å². The van der Waals surface area contributed by atoms with Gasteiger partial charge in [-0.2, -0.15) is 0 Å². The van der Waals surface area contributed by atoms with Crippen molar-refractivity contribution in [2.45, 2.75) is 11.9 Å². The summed E-state index contributed by atoms with van der Waals surface area (Å²) in [5.41, 5.74) is 4.53. The third-order valence-electron chi connectivity index (χ3n) is 4.63. The van der Waals surface area contributed by atoms with Crippen LogP contribution in [-0.4, -0.2) is 28.8 Å². The van der Waals surface area contributed by atoms with Crippen LogP contribution < -0.4 is 5.32 Å². The summed E-state index contributed by atoms with van der Waals surface area (Å²) in [5, 5.41) is 6.46. The maximum atomic E-state index is 11.6. The number of hydrogen-bond acceptors (Lipinski definition) is 4. The van der Waals surface area contributed by atoms with Gasteiger partial charge in [-0.25, -0.2) is 9.78 Å². The van der Waals surface area contributed by atoms with Crippen LogP contribution in [0.2, 0.25) is 5.02 Å². The monoisotopic (exact) mass is 411 g/mol. The zero-order valence-corrected chi connectivity index (χ0v) is 17.2. The number of carbonyl (C=O) groups excluding carboxylic acids is 1. The molecule has 0 aliphatic heterocycles. The number of nitrogens with one attached hydrogen (secondary N) is 1. The van der Waals surface area contributed by atoms with Gasteiger partial charge in [0, 0.05) is 27.9 Å². The summed E-state index contributed by atoms with van der Waals surface area (Å²) in [5.74, 6) is 0. The van der Waals surface area contributed by atoms with Crippen LogP contribution in [0.15, 0.2) is 53.7 Å². The molecular weight excluding hydrogens is 394 g/mol. The number of imidazole rings is 1. The highest BCUT2D eigenvalue weighted by atomic mass is 35.5. The minimum atomic E-state index is -0.503. The Kier molecular flexibility index (Phi) is 4.91. The van der Waals surface area contributed by atoms with E-state index in [4.69, 9.17) is 16.6 Å². The predicted octanol–water partition coefficient (Wildman–Crippen LogP) is 6.02. The van der Waals surface area contributed by atoms with Crippen molar-refractivity contribution in [1.82, 2.24) is 9.38 Å². The molecule has 142 valence electrons. The number of anilines is 1. The Labute approximate surface area is 171 Å². The van der Waals surface area contributed by atoms with Crippen LogP contribution in [0.1, 0.15) is 5.56 Å². The van der Waals surface area contributed by atoms with Crippen LogP contribution in [-0.2, 0) is 4.74 Å². The van der Waals surface area contributed by atoms with E-state index in [1.54, 1.807) is 11.8 Å². The molecule has 0 atom stereocenters. The first kappa shape index (κ1) is 18.7. The zero-order chi connectivity index (χ0) is 19.8. The van der Waals surface area contributed by atoms with Gasteiger partial charge in [0.05, 0.1) is 7.11 Å². The van der Waals surface area contributed by atoms with E-state index >= 15 is 0 Å². The number of hydrogen-bond donors (Lipinski definition) is 1. The molecule has 0 aliphatic carbocycles. The smallest absolute Gasteiger partial charge is 0.411 e. The number of methoxy groups -OCH3 is 1. The second-order valence-corrected chi connectivity index (χ2v) is 7.59. The molecule has 0 saturated heterocycles. The molecule has 28 heavy (non-hydrogen) atoms. The highest BCUT2D eigenvalue weighted by Crippen LogP contribution is 2.36. The van der Waals surface area contributed by atoms with E-state index in [0.717, 1.165) is 38.3 Å². The second kappa shape index (κ2) is 7.37. The number of nitrogens with zero attached hydrogens (tertiary/aromatic N) is 2. The largest absolute Gasteiger partial charge is 0.453 e. The summed E-state index contributed by atoms with van der Waals surface area (Å²) in [4.78, 5) is 16.5. The Morgan fingerprint density at radius 3 is 2.75 bits per heavy atom. The van der Waals surface area contributed by atoms with Crippen LogP contribution in [0.3, 0.4) is 0 Å². The molecule has 0 bridgehead atoms. The maximum absolute atomic E-state index is 11.6. The van der Waals surface area contributed by atoms with Crippen LogP contribution in [0, 0.1) is 6.92 Å². The summed E-state index contributed by atoms with van der Waals surface area (Å²) in [7, 11) is 1.34. The molecule has 5 nitrogen and oxygen atoms in total. The number of rotatable bonds is 3. The number of thioether (sulfide) groups is 1. The molecular formula is C21H18ClN3O2S. The molecule has 2 aromatic carbocycles. The number of aryl methyl sites for hydroxylation is 1. The Balaban J connectivity index is 1.96. The van der Waals surface area contributed by atoms with Crippen molar-refractivity contribution in [3.63, 3.8) is 0 Å². The fourth-order valence-corrected chi connectivity index (χ4v) is 4.23. The van der Waals surface area contributed by atoms with Crippen molar-refractivity contribution in [3.05, 3.63) is 59.2 Å². The van der Waals surface area contributed by atoms with Gasteiger partial charge in [0.1, 0.15) is 16.4 Å². The Hall–Kier alpha value is -2.70. The molecule has 7 heteroatoms. The van der Waals surface area contributed by atoms with Gasteiger partial charge < -0.3 is 4.74 Å². The lowest BCUT2D eigenvalue weighted by Gasteiger charge is -2.07. The highest BCUT2D eigenvalue weighted by Gasteiger charge is 2.17. The molecule has 4 aromatic rings. The highest BCUT2D eigenvalue weighted by molar-refractivity contribution is 7.98. The number of fused-ring (bicyclic) bond motifs is 3. The third kappa shape index (κ3) is 3.19. The fraction of sp³-hybridized carbons (Fsp3) is 0.143. The van der Waals surface area contributed by atoms with E-state index < -0.39 is 6.09 Å². The van der Waals surface area contributed by atoms with E-state index in [0.29, 0.717) is 10.7 Å². The zero-order valence-electron chi connectivity index (χ0n) is 15.6. The van der Waals surface area contributed by atoms with Gasteiger partial charge >= 0.3 is 6.09 Å². The van der Waals surface area contributed by atoms with Gasteiger partial charge in [-0.05, 0) is 54.5 Å². The van der Waals surface area contributed by atoms with Gasteiger partial charge in [0.2, 0.25) is 0 Å². The predicted molar refractivity (Wildman–Crippen MR) is 116 cm³/mol. The minimum Gasteiger partial charge on any atom is -0.453 e. The number of benzene rings is 2. The number of halogens is 1. The number of pyridine rings is 1. The first-order valence-electron chi connectivity index (χ1n) is 8.62. The first-order valence-corrected chi connectivity index (χ1v) is 10.2. The molecule has 1 amide bonds. The minimum absolute atomic E-state index is 0.503. The number of ether oxygens (including phenoxy) is 1. The molecule has 0 saturated carbocycles. The van der Waals surface area contributed by atoms with Gasteiger partial charge in [0.15, 0.2) is 0 Å². The summed E-state index contributed by atoms with van der Waals surface area (Å²) in [6, 6.07) is 13.6. The van der Waals surface area contributed by atoms with E-state index in [-0.39, 0.29) is 0 Å². The molecule has 0 spiro atoms. The Morgan fingerprint density at radius 2 is 2.04 bits per heavy atom. The van der Waals surface area contributed by atoms with Crippen molar-refractivity contribution in [1.29, 1.82) is 0 Å². The van der Waals surface area contributed by atoms with Crippen molar-refractivity contribution >= 4 is 51.6 Å². The van der Waals surface area contributed by atoms with E-state index in [1.807, 2.05) is 61.8 Å². The first-order chi connectivity index (χ1) is 13.5. The van der Waals surface area contributed by atoms with Crippen molar-refractivity contribution in [2.75, 3.05) is 18.7 Å². The molecule has 0 radical (unpaired) electrons. The summed E-state index contributed by atoms with van der Waals surface area (Å²) in [6.45, 7) is 2.03. The van der Waals surface area contributed by atoms with E-state index in [1.165, 1.54) is 7.11 Å². The topological polar surface area (TPSA) is 55.6 Å². The van der Waals surface area contributed by atoms with E-state index in [9.17, 15) is 4.79 Å². The summed E-state index contributed by atoms with van der Waals surface area (Å²) in [6.07, 6.45) is 3.56. The average molecular weight is 412 g/mol. The molecule has 0 unspecified atom stereocenters. The van der Waals surface area contributed by atoms with Crippen LogP contribution in [0.25, 0.3) is 27.7 Å². The number of aromatic nitrogens is 2.